The van der Waals surface area contributed by atoms with E-state index in [0.29, 0.717) is 18.4 Å². The highest BCUT2D eigenvalue weighted by atomic mass is 16.5. The van der Waals surface area contributed by atoms with Crippen molar-refractivity contribution in [1.29, 1.82) is 0 Å². The molecular formula is C17H27NO3. The van der Waals surface area contributed by atoms with Crippen molar-refractivity contribution in [3.63, 3.8) is 0 Å². The molecule has 1 aliphatic carbocycles. The van der Waals surface area contributed by atoms with Gasteiger partial charge in [-0.3, -0.25) is 0 Å². The largest absolute Gasteiger partial charge is 0.497 e. The van der Waals surface area contributed by atoms with Crippen LogP contribution in [0.25, 0.3) is 0 Å². The summed E-state index contributed by atoms with van der Waals surface area (Å²) in [6, 6.07) is 7.51. The van der Waals surface area contributed by atoms with E-state index in [0.717, 1.165) is 24.3 Å². The zero-order valence-electron chi connectivity index (χ0n) is 12.8. The zero-order valence-corrected chi connectivity index (χ0v) is 12.8. The molecule has 0 spiro atoms. The highest BCUT2D eigenvalue weighted by Gasteiger charge is 2.24. The van der Waals surface area contributed by atoms with Gasteiger partial charge in [0, 0.05) is 13.2 Å². The van der Waals surface area contributed by atoms with E-state index in [2.05, 4.69) is 5.32 Å². The molecule has 4 nitrogen and oxygen atoms in total. The average molecular weight is 293 g/mol. The van der Waals surface area contributed by atoms with Crippen molar-refractivity contribution >= 4 is 0 Å². The second-order valence-corrected chi connectivity index (χ2v) is 5.93. The highest BCUT2D eigenvalue weighted by molar-refractivity contribution is 5.28. The van der Waals surface area contributed by atoms with Gasteiger partial charge in [-0.15, -0.1) is 0 Å². The number of ether oxygens (including phenoxy) is 1. The van der Waals surface area contributed by atoms with E-state index >= 15 is 0 Å². The van der Waals surface area contributed by atoms with Gasteiger partial charge in [-0.2, -0.15) is 0 Å². The molecule has 3 unspecified atom stereocenters. The first-order valence-corrected chi connectivity index (χ1v) is 7.88. The minimum Gasteiger partial charge on any atom is -0.497 e. The number of methoxy groups -OCH3 is 1. The second-order valence-electron chi connectivity index (χ2n) is 5.93. The van der Waals surface area contributed by atoms with Gasteiger partial charge in [0.15, 0.2) is 0 Å². The smallest absolute Gasteiger partial charge is 0.118 e. The molecule has 0 bridgehead atoms. The fourth-order valence-electron chi connectivity index (χ4n) is 3.14. The van der Waals surface area contributed by atoms with Gasteiger partial charge >= 0.3 is 0 Å². The van der Waals surface area contributed by atoms with Gasteiger partial charge in [0.1, 0.15) is 5.75 Å². The van der Waals surface area contributed by atoms with Gasteiger partial charge < -0.3 is 20.3 Å². The number of hydrogen-bond acceptors (Lipinski definition) is 4. The van der Waals surface area contributed by atoms with Crippen LogP contribution in [0.2, 0.25) is 0 Å². The van der Waals surface area contributed by atoms with Gasteiger partial charge in [-0.05, 0) is 48.9 Å². The fraction of sp³-hybridized carbons (Fsp3) is 0.647. The molecule has 0 saturated heterocycles. The molecule has 0 radical (unpaired) electrons. The first-order chi connectivity index (χ1) is 10.2. The Morgan fingerprint density at radius 1 is 1.19 bits per heavy atom. The molecule has 2 rings (SSSR count). The lowest BCUT2D eigenvalue weighted by Crippen LogP contribution is -2.34. The SMILES string of the molecule is COc1ccc(C(O)CNCC2CCCCC2CO)cc1. The van der Waals surface area contributed by atoms with Crippen molar-refractivity contribution in [3.05, 3.63) is 29.8 Å². The van der Waals surface area contributed by atoms with Crippen LogP contribution in [0.1, 0.15) is 37.4 Å². The minimum atomic E-state index is -0.507. The highest BCUT2D eigenvalue weighted by Crippen LogP contribution is 2.29. The summed E-state index contributed by atoms with van der Waals surface area (Å²) in [5.41, 5.74) is 0.894. The summed E-state index contributed by atoms with van der Waals surface area (Å²) in [5, 5.41) is 22.9. The van der Waals surface area contributed by atoms with Crippen LogP contribution in [0.5, 0.6) is 5.75 Å². The third-order valence-corrected chi connectivity index (χ3v) is 4.55. The molecular weight excluding hydrogens is 266 g/mol. The molecule has 3 N–H and O–H groups in total. The maximum Gasteiger partial charge on any atom is 0.118 e. The molecule has 0 aromatic heterocycles. The molecule has 1 aromatic rings. The number of hydrogen-bond donors (Lipinski definition) is 3. The summed E-state index contributed by atoms with van der Waals surface area (Å²) in [4.78, 5) is 0. The van der Waals surface area contributed by atoms with Crippen molar-refractivity contribution in [2.24, 2.45) is 11.8 Å². The Kier molecular flexibility index (Phi) is 6.49. The summed E-state index contributed by atoms with van der Waals surface area (Å²) in [6.45, 7) is 1.70. The molecule has 0 amide bonds. The first kappa shape index (κ1) is 16.3. The maximum absolute atomic E-state index is 10.2. The minimum absolute atomic E-state index is 0.285. The van der Waals surface area contributed by atoms with Crippen molar-refractivity contribution in [2.45, 2.75) is 31.8 Å². The van der Waals surface area contributed by atoms with E-state index < -0.39 is 6.10 Å². The van der Waals surface area contributed by atoms with Gasteiger partial charge in [-0.1, -0.05) is 25.0 Å². The Bertz CT molecular complexity index is 407. The predicted molar refractivity (Wildman–Crippen MR) is 83.4 cm³/mol. The van der Waals surface area contributed by atoms with E-state index in [1.54, 1.807) is 7.11 Å². The van der Waals surface area contributed by atoms with Crippen LogP contribution >= 0.6 is 0 Å². The summed E-state index contributed by atoms with van der Waals surface area (Å²) >= 11 is 0. The molecule has 4 heteroatoms. The molecule has 0 aliphatic heterocycles. The van der Waals surface area contributed by atoms with Gasteiger partial charge in [0.05, 0.1) is 13.2 Å². The monoisotopic (exact) mass is 293 g/mol. The van der Waals surface area contributed by atoms with E-state index in [9.17, 15) is 10.2 Å². The number of nitrogens with one attached hydrogen (secondary N) is 1. The first-order valence-electron chi connectivity index (χ1n) is 7.88. The average Bonchev–Trinajstić information content (AvgIpc) is 2.55. The van der Waals surface area contributed by atoms with Crippen LogP contribution in [0.3, 0.4) is 0 Å². The normalized spacial score (nSPS) is 23.8. The maximum atomic E-state index is 10.2. The lowest BCUT2D eigenvalue weighted by Gasteiger charge is -2.30. The molecule has 21 heavy (non-hydrogen) atoms. The molecule has 1 fully saturated rings. The third-order valence-electron chi connectivity index (χ3n) is 4.55. The molecule has 1 aromatic carbocycles. The molecule has 1 aliphatic rings. The van der Waals surface area contributed by atoms with Crippen molar-refractivity contribution < 1.29 is 14.9 Å². The lowest BCUT2D eigenvalue weighted by atomic mass is 9.79. The van der Waals surface area contributed by atoms with Gasteiger partial charge in [0.25, 0.3) is 0 Å². The molecule has 0 heterocycles. The van der Waals surface area contributed by atoms with Gasteiger partial charge in [0.2, 0.25) is 0 Å². The van der Waals surface area contributed by atoms with Crippen LogP contribution in [-0.2, 0) is 0 Å². The topological polar surface area (TPSA) is 61.7 Å². The standard InChI is InChI=1S/C17H27NO3/c1-21-16-8-6-13(7-9-16)17(20)11-18-10-14-4-2-3-5-15(14)12-19/h6-9,14-15,17-20H,2-5,10-12H2,1H3. The fourth-order valence-corrected chi connectivity index (χ4v) is 3.14. The Balaban J connectivity index is 1.76. The van der Waals surface area contributed by atoms with Crippen LogP contribution < -0.4 is 10.1 Å². The Hall–Kier alpha value is -1.10. The Labute approximate surface area is 127 Å². The van der Waals surface area contributed by atoms with Crippen molar-refractivity contribution in [2.75, 3.05) is 26.8 Å². The summed E-state index contributed by atoms with van der Waals surface area (Å²) in [5.74, 6) is 1.75. The number of aliphatic hydroxyl groups excluding tert-OH is 2. The molecule has 1 saturated carbocycles. The van der Waals surface area contributed by atoms with E-state index in [-0.39, 0.29) is 6.61 Å². The van der Waals surface area contributed by atoms with E-state index in [1.165, 1.54) is 19.3 Å². The van der Waals surface area contributed by atoms with Gasteiger partial charge in [-0.25, -0.2) is 0 Å². The number of benzene rings is 1. The van der Waals surface area contributed by atoms with E-state index in [4.69, 9.17) is 4.74 Å². The van der Waals surface area contributed by atoms with Crippen LogP contribution in [-0.4, -0.2) is 37.0 Å². The Morgan fingerprint density at radius 3 is 2.48 bits per heavy atom. The second kappa shape index (κ2) is 8.37. The van der Waals surface area contributed by atoms with Crippen molar-refractivity contribution in [1.82, 2.24) is 5.32 Å². The third kappa shape index (κ3) is 4.70. The summed E-state index contributed by atoms with van der Waals surface area (Å²) < 4.78 is 5.11. The summed E-state index contributed by atoms with van der Waals surface area (Å²) in [7, 11) is 1.63. The predicted octanol–water partition coefficient (Wildman–Crippen LogP) is 2.12. The van der Waals surface area contributed by atoms with Crippen LogP contribution in [0.15, 0.2) is 24.3 Å². The molecule has 118 valence electrons. The lowest BCUT2D eigenvalue weighted by molar-refractivity contribution is 0.125. The zero-order chi connectivity index (χ0) is 15.1. The number of aliphatic hydroxyl groups is 2. The quantitative estimate of drug-likeness (QED) is 0.720. The van der Waals surface area contributed by atoms with Crippen LogP contribution in [0.4, 0.5) is 0 Å². The Morgan fingerprint density at radius 2 is 1.86 bits per heavy atom. The summed E-state index contributed by atoms with van der Waals surface area (Å²) in [6.07, 6.45) is 4.29. The van der Waals surface area contributed by atoms with E-state index in [1.807, 2.05) is 24.3 Å². The van der Waals surface area contributed by atoms with Crippen molar-refractivity contribution in [3.8, 4) is 5.75 Å². The molecule has 3 atom stereocenters. The number of rotatable bonds is 7. The van der Waals surface area contributed by atoms with Crippen LogP contribution in [0, 0.1) is 11.8 Å².